The molecule has 0 radical (unpaired) electrons. The SMILES string of the molecule is COc1cc(-c2cn(C)c(=O)c(C)c2C)cc(OC)c1CN1CCC(N(C)c2cccc3c2CCN(C(=O)/C(C#N)=C\C(C)(C)C)C3C)C(F)(F)C1. The zero-order valence-corrected chi connectivity index (χ0v) is 32.1. The van der Waals surface area contributed by atoms with Crippen LogP contribution in [0.4, 0.5) is 14.5 Å². The number of carbonyl (C=O) groups excluding carboxylic acids is 1. The molecule has 9 nitrogen and oxygen atoms in total. The number of aromatic nitrogens is 1. The van der Waals surface area contributed by atoms with E-state index >= 15 is 8.78 Å². The largest absolute Gasteiger partial charge is 0.496 e. The predicted octanol–water partition coefficient (Wildman–Crippen LogP) is 6.97. The molecule has 1 fully saturated rings. The molecule has 2 aliphatic rings. The summed E-state index contributed by atoms with van der Waals surface area (Å²) in [5.41, 5.74) is 6.17. The van der Waals surface area contributed by atoms with Crippen LogP contribution in [0.15, 0.2) is 53.0 Å². The summed E-state index contributed by atoms with van der Waals surface area (Å²) < 4.78 is 45.6. The molecular weight excluding hydrogens is 664 g/mol. The normalized spacial score (nSPS) is 19.1. The highest BCUT2D eigenvalue weighted by Crippen LogP contribution is 2.42. The second-order valence-corrected chi connectivity index (χ2v) is 15.3. The number of piperidine rings is 1. The van der Waals surface area contributed by atoms with Crippen molar-refractivity contribution < 1.29 is 23.0 Å². The summed E-state index contributed by atoms with van der Waals surface area (Å²) in [6, 6.07) is 10.2. The molecule has 5 rings (SSSR count). The number of allylic oxidation sites excluding steroid dienone is 1. The zero-order chi connectivity index (χ0) is 38.3. The van der Waals surface area contributed by atoms with E-state index in [9.17, 15) is 14.9 Å². The Morgan fingerprint density at radius 2 is 1.77 bits per heavy atom. The molecule has 0 aliphatic carbocycles. The van der Waals surface area contributed by atoms with Gasteiger partial charge in [0.25, 0.3) is 17.4 Å². The summed E-state index contributed by atoms with van der Waals surface area (Å²) in [6.45, 7) is 12.1. The quantitative estimate of drug-likeness (QED) is 0.184. The van der Waals surface area contributed by atoms with Crippen molar-refractivity contribution >= 4 is 11.6 Å². The molecule has 1 aromatic heterocycles. The number of aryl methyl sites for hydroxylation is 1. The molecule has 3 aromatic rings. The number of halogens is 2. The first-order chi connectivity index (χ1) is 24.4. The molecule has 0 bridgehead atoms. The Labute approximate surface area is 306 Å². The first kappa shape index (κ1) is 38.5. The van der Waals surface area contributed by atoms with E-state index in [0.29, 0.717) is 42.1 Å². The summed E-state index contributed by atoms with van der Waals surface area (Å²) in [5, 5.41) is 9.75. The lowest BCUT2D eigenvalue weighted by Gasteiger charge is -2.44. The van der Waals surface area contributed by atoms with Crippen LogP contribution < -0.4 is 19.9 Å². The second kappa shape index (κ2) is 14.7. The summed E-state index contributed by atoms with van der Waals surface area (Å²) in [4.78, 5) is 31.1. The number of hydrogen-bond acceptors (Lipinski definition) is 7. The van der Waals surface area contributed by atoms with E-state index in [1.54, 1.807) is 66.8 Å². The fraction of sp³-hybridized carbons (Fsp3) is 0.488. The van der Waals surface area contributed by atoms with Crippen LogP contribution in [0, 0.1) is 30.6 Å². The Morgan fingerprint density at radius 1 is 1.12 bits per heavy atom. The predicted molar refractivity (Wildman–Crippen MR) is 200 cm³/mol. The summed E-state index contributed by atoms with van der Waals surface area (Å²) in [7, 11) is 6.56. The molecule has 0 saturated carbocycles. The number of nitriles is 1. The van der Waals surface area contributed by atoms with Crippen molar-refractivity contribution in [2.45, 2.75) is 78.9 Å². The van der Waals surface area contributed by atoms with Crippen molar-refractivity contribution in [1.82, 2.24) is 14.4 Å². The maximum atomic E-state index is 16.2. The number of likely N-dealkylation sites (tertiary alicyclic amines) is 1. The molecule has 1 amide bonds. The fourth-order valence-corrected chi connectivity index (χ4v) is 7.75. The highest BCUT2D eigenvalue weighted by molar-refractivity contribution is 5.97. The van der Waals surface area contributed by atoms with Crippen molar-refractivity contribution in [3.63, 3.8) is 0 Å². The van der Waals surface area contributed by atoms with Gasteiger partial charge < -0.3 is 23.8 Å². The number of pyridine rings is 1. The van der Waals surface area contributed by atoms with Crippen molar-refractivity contribution in [2.75, 3.05) is 45.8 Å². The van der Waals surface area contributed by atoms with Gasteiger partial charge in [-0.05, 0) is 79.5 Å². The smallest absolute Gasteiger partial charge is 0.280 e. The van der Waals surface area contributed by atoms with E-state index in [2.05, 4.69) is 6.07 Å². The Balaban J connectivity index is 1.36. The van der Waals surface area contributed by atoms with Crippen LogP contribution >= 0.6 is 0 Å². The van der Waals surface area contributed by atoms with E-state index in [0.717, 1.165) is 33.5 Å². The standard InChI is InChI=1S/C41H51F2N5O4/c1-25-26(2)38(49)45(7)22-32(25)28-18-35(51-9)33(36(19-28)52-10)23-47-16-15-37(41(42,43)24-47)46(8)34-13-11-12-30-27(3)48(17-14-31(30)34)39(50)29(21-44)20-40(4,5)6/h11-13,18-20,22,27,37H,14-17,23-24H2,1-10H3/b29-20-. The molecule has 1 saturated heterocycles. The number of fused-ring (bicyclic) bond motifs is 1. The molecular formula is C41H51F2N5O4. The Morgan fingerprint density at radius 3 is 2.35 bits per heavy atom. The number of methoxy groups -OCH3 is 2. The van der Waals surface area contributed by atoms with Crippen LogP contribution in [0.3, 0.4) is 0 Å². The number of ether oxygens (including phenoxy) is 2. The first-order valence-electron chi connectivity index (χ1n) is 17.7. The maximum Gasteiger partial charge on any atom is 0.280 e. The number of amides is 1. The number of alkyl halides is 2. The third kappa shape index (κ3) is 7.45. The molecule has 2 aliphatic heterocycles. The molecule has 0 spiro atoms. The number of anilines is 1. The molecule has 0 N–H and O–H groups in total. The van der Waals surface area contributed by atoms with Crippen LogP contribution in [-0.2, 0) is 24.8 Å². The third-order valence-electron chi connectivity index (χ3n) is 10.6. The minimum absolute atomic E-state index is 0.0635. The summed E-state index contributed by atoms with van der Waals surface area (Å²) in [5.74, 6) is -2.30. The fourth-order valence-electron chi connectivity index (χ4n) is 7.75. The number of nitrogens with zero attached hydrogens (tertiary/aromatic N) is 5. The van der Waals surface area contributed by atoms with Gasteiger partial charge >= 0.3 is 0 Å². The molecule has 11 heteroatoms. The maximum absolute atomic E-state index is 16.2. The Bertz CT molecular complexity index is 1970. The number of rotatable bonds is 8. The summed E-state index contributed by atoms with van der Waals surface area (Å²) in [6.07, 6.45) is 4.22. The summed E-state index contributed by atoms with van der Waals surface area (Å²) >= 11 is 0. The molecule has 3 heterocycles. The molecule has 2 aromatic carbocycles. The lowest BCUT2D eigenvalue weighted by molar-refractivity contribution is -0.129. The van der Waals surface area contributed by atoms with Gasteiger partial charge in [-0.2, -0.15) is 5.26 Å². The van der Waals surface area contributed by atoms with E-state index in [-0.39, 0.29) is 41.5 Å². The Kier molecular flexibility index (Phi) is 10.9. The van der Waals surface area contributed by atoms with E-state index in [1.807, 2.05) is 65.0 Å². The van der Waals surface area contributed by atoms with Crippen molar-refractivity contribution in [3.05, 3.63) is 86.3 Å². The van der Waals surface area contributed by atoms with Gasteiger partial charge in [0.1, 0.15) is 23.1 Å². The van der Waals surface area contributed by atoms with Crippen molar-refractivity contribution in [3.8, 4) is 28.7 Å². The highest BCUT2D eigenvalue weighted by atomic mass is 19.3. The van der Waals surface area contributed by atoms with Crippen molar-refractivity contribution in [2.24, 2.45) is 12.5 Å². The van der Waals surface area contributed by atoms with Crippen LogP contribution in [0.2, 0.25) is 0 Å². The second-order valence-electron chi connectivity index (χ2n) is 15.3. The minimum Gasteiger partial charge on any atom is -0.496 e. The van der Waals surface area contributed by atoms with Gasteiger partial charge in [0.15, 0.2) is 0 Å². The molecule has 2 unspecified atom stereocenters. The van der Waals surface area contributed by atoms with Crippen LogP contribution in [0.25, 0.3) is 11.1 Å². The third-order valence-corrected chi connectivity index (χ3v) is 10.6. The van der Waals surface area contributed by atoms with Gasteiger partial charge in [-0.3, -0.25) is 14.5 Å². The number of hydrogen-bond donors (Lipinski definition) is 0. The monoisotopic (exact) mass is 715 g/mol. The zero-order valence-electron chi connectivity index (χ0n) is 32.1. The van der Waals surface area contributed by atoms with Gasteiger partial charge in [-0.25, -0.2) is 8.78 Å². The molecule has 52 heavy (non-hydrogen) atoms. The first-order valence-corrected chi connectivity index (χ1v) is 17.7. The van der Waals surface area contributed by atoms with Crippen LogP contribution in [-0.4, -0.2) is 73.1 Å². The topological polar surface area (TPSA) is 91.0 Å². The average molecular weight is 716 g/mol. The van der Waals surface area contributed by atoms with Crippen LogP contribution in [0.1, 0.15) is 68.0 Å². The molecule has 278 valence electrons. The van der Waals surface area contributed by atoms with Gasteiger partial charge in [-0.1, -0.05) is 39.0 Å². The average Bonchev–Trinajstić information content (AvgIpc) is 3.10. The Hall–Kier alpha value is -4.69. The van der Waals surface area contributed by atoms with Gasteiger partial charge in [0.05, 0.1) is 38.4 Å². The number of benzene rings is 2. The lowest BCUT2D eigenvalue weighted by atomic mass is 9.89. The lowest BCUT2D eigenvalue weighted by Crippen LogP contribution is -2.57. The van der Waals surface area contributed by atoms with Crippen molar-refractivity contribution in [1.29, 1.82) is 5.26 Å². The van der Waals surface area contributed by atoms with E-state index in [1.165, 1.54) is 0 Å². The van der Waals surface area contributed by atoms with E-state index in [4.69, 9.17) is 9.47 Å². The van der Waals surface area contributed by atoms with E-state index < -0.39 is 18.5 Å². The van der Waals surface area contributed by atoms with Gasteiger partial charge in [0.2, 0.25) is 0 Å². The molecule has 2 atom stereocenters. The van der Waals surface area contributed by atoms with Crippen LogP contribution in [0.5, 0.6) is 11.5 Å². The van der Waals surface area contributed by atoms with Gasteiger partial charge in [-0.15, -0.1) is 0 Å². The highest BCUT2D eigenvalue weighted by Gasteiger charge is 2.47. The number of carbonyl (C=O) groups is 1. The minimum atomic E-state index is -3.04. The van der Waals surface area contributed by atoms with Gasteiger partial charge in [0, 0.05) is 56.7 Å².